The van der Waals surface area contributed by atoms with Gasteiger partial charge >= 0.3 is 6.09 Å². The van der Waals surface area contributed by atoms with Crippen molar-refractivity contribution >= 4 is 17.1 Å². The zero-order valence-corrected chi connectivity index (χ0v) is 16.7. The van der Waals surface area contributed by atoms with Crippen LogP contribution in [0.2, 0.25) is 0 Å². The molecule has 0 aliphatic heterocycles. The molecule has 2 rings (SSSR count). The van der Waals surface area contributed by atoms with Crippen LogP contribution in [0.25, 0.3) is 11.0 Å². The van der Waals surface area contributed by atoms with E-state index in [0.717, 1.165) is 12.8 Å². The summed E-state index contributed by atoms with van der Waals surface area (Å²) in [6.45, 7) is 7.66. The van der Waals surface area contributed by atoms with E-state index in [1.54, 1.807) is 39.0 Å². The van der Waals surface area contributed by atoms with Crippen molar-refractivity contribution in [3.8, 4) is 5.75 Å². The molecule has 8 heteroatoms. The first-order valence-corrected chi connectivity index (χ1v) is 9.25. The zero-order valence-electron chi connectivity index (χ0n) is 16.7. The number of aryl methyl sites for hydroxylation is 1. The van der Waals surface area contributed by atoms with Crippen molar-refractivity contribution in [1.29, 1.82) is 0 Å². The maximum Gasteiger partial charge on any atom is 0.407 e. The number of aromatic nitrogens is 1. The third kappa shape index (κ3) is 6.14. The van der Waals surface area contributed by atoms with E-state index in [0.29, 0.717) is 29.6 Å². The molecule has 0 saturated heterocycles. The molecule has 2 aromatic rings. The van der Waals surface area contributed by atoms with Crippen molar-refractivity contribution in [2.45, 2.75) is 52.7 Å². The fourth-order valence-electron chi connectivity index (χ4n) is 2.39. The van der Waals surface area contributed by atoms with Crippen LogP contribution in [0.5, 0.6) is 5.75 Å². The van der Waals surface area contributed by atoms with Crippen LogP contribution >= 0.6 is 0 Å². The normalized spacial score (nSPS) is 12.2. The van der Waals surface area contributed by atoms with Gasteiger partial charge in [0.2, 0.25) is 0 Å². The molecule has 0 atom stereocenters. The van der Waals surface area contributed by atoms with Gasteiger partial charge < -0.3 is 19.3 Å². The van der Waals surface area contributed by atoms with Gasteiger partial charge in [-0.1, -0.05) is 13.3 Å². The molecule has 1 aromatic carbocycles. The summed E-state index contributed by atoms with van der Waals surface area (Å²) in [4.78, 5) is 23.9. The Kier molecular flexibility index (Phi) is 7.25. The Labute approximate surface area is 163 Å². The quantitative estimate of drug-likeness (QED) is 0.727. The number of hydrogen-bond acceptors (Lipinski definition) is 5. The maximum absolute atomic E-state index is 13.1. The second-order valence-electron chi connectivity index (χ2n) is 7.42. The summed E-state index contributed by atoms with van der Waals surface area (Å²) < 4.78 is 30.6. The number of rotatable bonds is 8. The highest BCUT2D eigenvalue weighted by molar-refractivity contribution is 5.77. The molecule has 1 aromatic heterocycles. The van der Waals surface area contributed by atoms with Crippen LogP contribution < -0.4 is 15.6 Å². The van der Waals surface area contributed by atoms with Gasteiger partial charge in [-0.25, -0.2) is 9.18 Å². The molecule has 0 bridgehead atoms. The summed E-state index contributed by atoms with van der Waals surface area (Å²) in [5.41, 5.74) is -0.169. The molecule has 0 saturated carbocycles. The Morgan fingerprint density at radius 1 is 1.36 bits per heavy atom. The van der Waals surface area contributed by atoms with Crippen LogP contribution in [0.15, 0.2) is 39.4 Å². The molecule has 1 N–H and O–H groups in total. The lowest BCUT2D eigenvalue weighted by atomic mass is 10.2. The number of ether oxygens (including phenoxy) is 2. The highest BCUT2D eigenvalue weighted by Gasteiger charge is 2.16. The third-order valence-electron chi connectivity index (χ3n) is 3.77. The topological polar surface area (TPSA) is 82.7 Å². The molecule has 154 valence electrons. The number of alkyl carbamates (subject to hydrolysis) is 1. The summed E-state index contributed by atoms with van der Waals surface area (Å²) in [7, 11) is 0. The fourth-order valence-corrected chi connectivity index (χ4v) is 2.39. The summed E-state index contributed by atoms with van der Waals surface area (Å²) in [6.07, 6.45) is 1.55. The number of nitrogens with zero attached hydrogens (tertiary/aromatic N) is 1. The van der Waals surface area contributed by atoms with E-state index in [9.17, 15) is 14.0 Å². The third-order valence-corrected chi connectivity index (χ3v) is 3.77. The van der Waals surface area contributed by atoms with E-state index < -0.39 is 11.7 Å². The monoisotopic (exact) mass is 394 g/mol. The highest BCUT2D eigenvalue weighted by Crippen LogP contribution is 2.20. The minimum atomic E-state index is -0.636. The largest absolute Gasteiger partial charge is 0.489 e. The van der Waals surface area contributed by atoms with E-state index in [2.05, 4.69) is 5.32 Å². The van der Waals surface area contributed by atoms with Crippen molar-refractivity contribution in [3.05, 3.63) is 40.5 Å². The number of nitrogens with one attached hydrogen (secondary N) is 1. The number of carbonyl (C=O) groups is 1. The number of unbranched alkanes of at least 4 members (excludes halogenated alkanes) is 1. The molecule has 28 heavy (non-hydrogen) atoms. The summed E-state index contributed by atoms with van der Waals surface area (Å²) in [5, 5.41) is 2.94. The predicted octanol–water partition coefficient (Wildman–Crippen LogP) is 4.15. The van der Waals surface area contributed by atoms with Crippen molar-refractivity contribution in [1.82, 2.24) is 10.1 Å². The zero-order chi connectivity index (χ0) is 20.7. The molecule has 0 aliphatic carbocycles. The van der Waals surface area contributed by atoms with Crippen LogP contribution in [0.4, 0.5) is 9.18 Å². The highest BCUT2D eigenvalue weighted by atomic mass is 19.1. The Morgan fingerprint density at radius 2 is 2.11 bits per heavy atom. The van der Waals surface area contributed by atoms with Crippen molar-refractivity contribution in [3.63, 3.8) is 0 Å². The minimum absolute atomic E-state index is 0.0455. The number of hydrogen-bond donors (Lipinski definition) is 1. The second-order valence-corrected chi connectivity index (χ2v) is 7.42. The number of halogens is 1. The summed E-state index contributed by atoms with van der Waals surface area (Å²) in [5.74, 6) is 0.431. The lowest BCUT2D eigenvalue weighted by Crippen LogP contribution is -2.34. The first-order valence-electron chi connectivity index (χ1n) is 9.25. The molecule has 1 heterocycles. The van der Waals surface area contributed by atoms with Crippen LogP contribution in [0, 0.1) is 0 Å². The van der Waals surface area contributed by atoms with Crippen molar-refractivity contribution < 1.29 is 23.2 Å². The van der Waals surface area contributed by atoms with E-state index in [4.69, 9.17) is 14.0 Å². The molecule has 0 aliphatic rings. The van der Waals surface area contributed by atoms with Gasteiger partial charge in [-0.15, -0.1) is 0 Å². The Balaban J connectivity index is 1.96. The van der Waals surface area contributed by atoms with E-state index in [1.807, 2.05) is 6.92 Å². The van der Waals surface area contributed by atoms with Gasteiger partial charge in [-0.3, -0.25) is 4.79 Å². The molecule has 7 nitrogen and oxygen atoms in total. The standard InChI is InChI=1S/C20H27FN2O5/c1-5-6-9-23-18(24)16-8-7-15(10-17(16)28-23)26-13-14(11-21)12-22-19(25)27-20(2,3)4/h7-8,10-11H,5-6,9,12-13H2,1-4H3,(H,22,25)/b14-11-. The molecule has 0 unspecified atom stereocenters. The molecular weight excluding hydrogens is 367 g/mol. The maximum atomic E-state index is 13.1. The SMILES string of the molecule is CCCCn1oc2cc(OC/C(=C\F)CNC(=O)OC(C)(C)C)ccc2c1=O. The lowest BCUT2D eigenvalue weighted by molar-refractivity contribution is 0.0531. The van der Waals surface area contributed by atoms with E-state index >= 15 is 0 Å². The van der Waals surface area contributed by atoms with Gasteiger partial charge in [0, 0.05) is 18.2 Å². The van der Waals surface area contributed by atoms with Gasteiger partial charge in [0.25, 0.3) is 5.56 Å². The van der Waals surface area contributed by atoms with Gasteiger partial charge in [0.15, 0.2) is 5.58 Å². The van der Waals surface area contributed by atoms with Gasteiger partial charge in [0.1, 0.15) is 18.0 Å². The Bertz CT molecular complexity index is 892. The van der Waals surface area contributed by atoms with E-state index in [-0.39, 0.29) is 24.3 Å². The second kappa shape index (κ2) is 9.43. The van der Waals surface area contributed by atoms with Crippen molar-refractivity contribution in [2.75, 3.05) is 13.2 Å². The van der Waals surface area contributed by atoms with E-state index in [1.165, 1.54) is 4.74 Å². The fraction of sp³-hybridized carbons (Fsp3) is 0.500. The molecule has 0 fully saturated rings. The number of amides is 1. The molecule has 0 radical (unpaired) electrons. The summed E-state index contributed by atoms with van der Waals surface area (Å²) in [6, 6.07) is 4.84. The number of carbonyl (C=O) groups excluding carboxylic acids is 1. The van der Waals surface area contributed by atoms with Gasteiger partial charge in [0.05, 0.1) is 18.3 Å². The van der Waals surface area contributed by atoms with Gasteiger partial charge in [-0.2, -0.15) is 4.74 Å². The van der Waals surface area contributed by atoms with Crippen LogP contribution in [0.3, 0.4) is 0 Å². The molecular formula is C20H27FN2O5. The van der Waals surface area contributed by atoms with Crippen LogP contribution in [-0.2, 0) is 11.3 Å². The van der Waals surface area contributed by atoms with Crippen molar-refractivity contribution in [2.24, 2.45) is 0 Å². The molecule has 1 amide bonds. The predicted molar refractivity (Wildman–Crippen MR) is 104 cm³/mol. The first kappa shape index (κ1) is 21.5. The average Bonchev–Trinajstić information content (AvgIpc) is 2.94. The minimum Gasteiger partial charge on any atom is -0.489 e. The summed E-state index contributed by atoms with van der Waals surface area (Å²) >= 11 is 0. The Hall–Kier alpha value is -2.77. The molecule has 0 spiro atoms. The van der Waals surface area contributed by atoms with Crippen LogP contribution in [0.1, 0.15) is 40.5 Å². The Morgan fingerprint density at radius 3 is 2.75 bits per heavy atom. The average molecular weight is 394 g/mol. The lowest BCUT2D eigenvalue weighted by Gasteiger charge is -2.20. The van der Waals surface area contributed by atoms with Crippen LogP contribution in [-0.4, -0.2) is 29.6 Å². The van der Waals surface area contributed by atoms with Gasteiger partial charge in [-0.05, 0) is 39.3 Å². The smallest absolute Gasteiger partial charge is 0.407 e. The first-order chi connectivity index (χ1) is 13.2. The number of benzene rings is 1. The number of fused-ring (bicyclic) bond motifs is 1.